The molecule has 129 heavy (non-hydrogen) atoms. The van der Waals surface area contributed by atoms with Gasteiger partial charge in [0.25, 0.3) is 17.7 Å². The first-order valence-electron chi connectivity index (χ1n) is 44.6. The van der Waals surface area contributed by atoms with Gasteiger partial charge in [0.05, 0.1) is 47.4 Å². The highest BCUT2D eigenvalue weighted by Crippen LogP contribution is 2.43. The number of carbonyl (C=O) groups is 7. The molecule has 1 aromatic heterocycles. The van der Waals surface area contributed by atoms with E-state index in [9.17, 15) is 33.6 Å². The molecule has 4 fully saturated rings. The molecule has 0 spiro atoms. The van der Waals surface area contributed by atoms with E-state index in [1.165, 1.54) is 77.2 Å². The molecule has 5 atom stereocenters. The van der Waals surface area contributed by atoms with Gasteiger partial charge in [0.15, 0.2) is 10.9 Å². The molecule has 4 amide bonds. The molecule has 7 aliphatic rings. The number of nitrogens with one attached hydrogen (secondary N) is 3. The first-order chi connectivity index (χ1) is 62.3. The van der Waals surface area contributed by atoms with E-state index < -0.39 is 12.0 Å². The third-order valence-electron chi connectivity index (χ3n) is 24.4. The maximum absolute atomic E-state index is 12.9. The van der Waals surface area contributed by atoms with Crippen molar-refractivity contribution in [2.24, 2.45) is 17.8 Å². The van der Waals surface area contributed by atoms with Gasteiger partial charge in [-0.2, -0.15) is 0 Å². The monoisotopic (exact) mass is 1810 g/mol. The molecule has 2 aliphatic carbocycles. The summed E-state index contributed by atoms with van der Waals surface area (Å²) < 4.78 is 14.7. The molecule has 662 valence electrons. The van der Waals surface area contributed by atoms with Crippen LogP contribution in [0.5, 0.6) is 11.5 Å². The Morgan fingerprint density at radius 3 is 2.05 bits per heavy atom. The number of nitrogens with zero attached hydrogens (tertiary/aromatic N) is 3. The Morgan fingerprint density at radius 2 is 1.40 bits per heavy atom. The highest BCUT2D eigenvalue weighted by molar-refractivity contribution is 8.26. The van der Waals surface area contributed by atoms with Crippen LogP contribution in [0.3, 0.4) is 0 Å². The van der Waals surface area contributed by atoms with Crippen LogP contribution in [-0.2, 0) is 52.9 Å². The number of anilines is 2. The Hall–Kier alpha value is -11.5. The maximum atomic E-state index is 12.9. The first kappa shape index (κ1) is 93.7. The largest absolute Gasteiger partial charge is 0.494 e. The molecular formula is C109H110Cl2N6O9S3. The number of fused-ring (bicyclic) bond motifs is 5. The molecule has 5 aliphatic heterocycles. The number of hydrogen-bond donors (Lipinski definition) is 3. The molecule has 18 rings (SSSR count). The molecule has 11 aromatic rings. The Kier molecular flexibility index (Phi) is 31.8. The Balaban J connectivity index is 0.000000133. The van der Waals surface area contributed by atoms with Crippen molar-refractivity contribution < 1.29 is 43.0 Å². The highest BCUT2D eigenvalue weighted by atomic mass is 35.5. The van der Waals surface area contributed by atoms with E-state index in [0.717, 1.165) is 119 Å². The zero-order valence-electron chi connectivity index (χ0n) is 74.4. The van der Waals surface area contributed by atoms with Crippen LogP contribution in [-0.4, -0.2) is 91.6 Å². The van der Waals surface area contributed by atoms with E-state index >= 15 is 0 Å². The number of rotatable bonds is 22. The van der Waals surface area contributed by atoms with Crippen molar-refractivity contribution in [1.82, 2.24) is 20.1 Å². The summed E-state index contributed by atoms with van der Waals surface area (Å²) in [5, 5.41) is 15.5. The van der Waals surface area contributed by atoms with Crippen LogP contribution < -0.4 is 40.8 Å². The minimum atomic E-state index is -0.452. The van der Waals surface area contributed by atoms with E-state index in [1.807, 2.05) is 116 Å². The fourth-order valence-corrected chi connectivity index (χ4v) is 19.7. The fraction of sp³-hybridized carbons (Fsp3) is 0.284. The molecule has 6 heterocycles. The van der Waals surface area contributed by atoms with Crippen LogP contribution in [0.4, 0.5) is 11.4 Å². The van der Waals surface area contributed by atoms with Crippen LogP contribution in [0, 0.1) is 24.7 Å². The average molecular weight is 1820 g/mol. The molecule has 0 radical (unpaired) electrons. The normalized spacial score (nSPS) is 18.4. The molecule has 5 unspecified atom stereocenters. The second-order valence-electron chi connectivity index (χ2n) is 34.3. The molecule has 4 saturated heterocycles. The quantitative estimate of drug-likeness (QED) is 0.0252. The van der Waals surface area contributed by atoms with E-state index in [0.29, 0.717) is 74.2 Å². The summed E-state index contributed by atoms with van der Waals surface area (Å²) in [6, 6.07) is 75.4. The number of hydrogen-bond acceptors (Lipinski definition) is 14. The fourth-order valence-electron chi connectivity index (χ4n) is 17.4. The SMILES string of the molecule is CC(C)c1ccc(Cc2ccccc2-c2ccccc2)c2c1=CCC=2.CC(CC1C(=O)CSC1=O)Cn1c2ccc(Cl)cc2c2cc(Cl)ccc21.CCCOc1ccc(N2C(=O)CC(N3CCC(C(C)=O)CC3)C2=O)cc1.CCc1ccc(/C=C2\SC(=S)NC2=O)cc1.Cc1ccc2c(c1)/C(=C/NC1C=CC(C(=O)Nc3cccc(C(C)C)c3)=C1)CC(c1ccccc1)O2. The van der Waals surface area contributed by atoms with E-state index in [2.05, 4.69) is 207 Å². The second kappa shape index (κ2) is 43.8. The average Bonchev–Trinajstić information content (AvgIpc) is 1.60. The number of likely N-dealkylation sites (tertiary alicyclic amines) is 1. The van der Waals surface area contributed by atoms with E-state index in [4.69, 9.17) is 44.9 Å². The van der Waals surface area contributed by atoms with Crippen molar-refractivity contribution in [1.29, 1.82) is 0 Å². The number of Topliss-reactive ketones (excluding diaryl/α,β-unsaturated/α-hetero) is 2. The van der Waals surface area contributed by atoms with Crippen molar-refractivity contribution in [3.8, 4) is 22.6 Å². The predicted octanol–water partition coefficient (Wildman–Crippen LogP) is 22.8. The second-order valence-corrected chi connectivity index (χ2v) is 37.9. The van der Waals surface area contributed by atoms with Crippen molar-refractivity contribution in [2.75, 3.05) is 35.7 Å². The molecule has 0 bridgehead atoms. The number of thiocarbonyl (C=S) groups is 1. The number of piperidine rings is 1. The third-order valence-corrected chi connectivity index (χ3v) is 27.0. The maximum Gasteiger partial charge on any atom is 0.263 e. The summed E-state index contributed by atoms with van der Waals surface area (Å²) in [5.74, 6) is 2.50. The number of halogens is 2. The van der Waals surface area contributed by atoms with Crippen LogP contribution in [0.15, 0.2) is 259 Å². The number of carbonyl (C=O) groups excluding carboxylic acids is 7. The van der Waals surface area contributed by atoms with Crippen molar-refractivity contribution in [3.05, 3.63) is 330 Å². The van der Waals surface area contributed by atoms with E-state index in [-0.39, 0.29) is 70.7 Å². The lowest BCUT2D eigenvalue weighted by molar-refractivity contribution is -0.127. The number of aryl methyl sites for hydroxylation is 2. The standard InChI is InChI=1S/C32H32N2O2.C25H24.C20H17Cl2NO2S.C20H26N2O4.C12H11NOS2/c1-21(2)24-10-7-11-28(17-24)34-32(35)25-13-14-27(18-25)33-20-26-19-31(23-8-5-4-6-9-23)36-30-15-12-22(3)16-29(26)30;1-18(2)22-16-15-21(24-13-8-14-25(22)24)17-20-11-6-7-12-23(20)19-9-4-3-5-10-19;1-11(6-16-19(24)10-26-20(16)25)9-23-17-4-2-12(21)7-14(17)15-8-13(22)3-5-18(15)23;1-3-12-26-17-6-4-16(5-7-17)22-19(24)13-18(20(22)25)21-10-8-15(9-11-21)14(2)23;1-2-8-3-5-9(6-4-8)7-10-11(14)13-12(15)16-10/h4-18,20-21,27,31,33H,19H2,1-3H3,(H,34,35);3-7,9-16,18H,8,17H2,1-2H3;2-5,7-8,11,16H,6,9-10H2,1H3;4-7,15,18H,3,8-13H2,1-2H3;3-7H,2H2,1H3,(H,13,14,15)/b26-20+;;;;10-7-. The lowest BCUT2D eigenvalue weighted by Gasteiger charge is -2.33. The number of ether oxygens (including phenoxy) is 2. The van der Waals surface area contributed by atoms with Gasteiger partial charge in [0.2, 0.25) is 5.91 Å². The van der Waals surface area contributed by atoms with Crippen LogP contribution in [0.1, 0.15) is 168 Å². The summed E-state index contributed by atoms with van der Waals surface area (Å²) in [6.45, 7) is 21.6. The summed E-state index contributed by atoms with van der Waals surface area (Å²) in [4.78, 5) is 89.0. The van der Waals surface area contributed by atoms with Crippen molar-refractivity contribution >= 4 is 161 Å². The van der Waals surface area contributed by atoms with Gasteiger partial charge < -0.3 is 30.0 Å². The lowest BCUT2D eigenvalue weighted by atomic mass is 9.92. The number of ketones is 2. The summed E-state index contributed by atoms with van der Waals surface area (Å²) in [5.41, 5.74) is 19.4. The van der Waals surface area contributed by atoms with Gasteiger partial charge in [0, 0.05) is 73.8 Å². The molecule has 15 nitrogen and oxygen atoms in total. The molecule has 10 aromatic carbocycles. The molecule has 3 N–H and O–H groups in total. The number of amides is 4. The van der Waals surface area contributed by atoms with Gasteiger partial charge in [-0.05, 0) is 253 Å². The number of imide groups is 1. The zero-order valence-corrected chi connectivity index (χ0v) is 78.4. The van der Waals surface area contributed by atoms with Gasteiger partial charge in [-0.25, -0.2) is 4.90 Å². The van der Waals surface area contributed by atoms with Crippen LogP contribution in [0.2, 0.25) is 10.0 Å². The van der Waals surface area contributed by atoms with Crippen LogP contribution >= 0.6 is 58.9 Å². The Morgan fingerprint density at radius 1 is 0.705 bits per heavy atom. The Bertz CT molecular complexity index is 6200. The smallest absolute Gasteiger partial charge is 0.263 e. The number of thioether (sulfide) groups is 2. The minimum Gasteiger partial charge on any atom is -0.494 e. The number of aromatic nitrogens is 1. The molecule has 20 heteroatoms. The van der Waals surface area contributed by atoms with Crippen LogP contribution in [0.25, 0.3) is 56.7 Å². The van der Waals surface area contributed by atoms with E-state index in [1.54, 1.807) is 31.2 Å². The first-order valence-corrected chi connectivity index (χ1v) is 47.6. The number of benzene rings is 10. The van der Waals surface area contributed by atoms with Gasteiger partial charge >= 0.3 is 0 Å². The Labute approximate surface area is 780 Å². The summed E-state index contributed by atoms with van der Waals surface area (Å²) in [7, 11) is 0. The summed E-state index contributed by atoms with van der Waals surface area (Å²) in [6.07, 6.45) is 21.6. The minimum absolute atomic E-state index is 0.0163. The highest BCUT2D eigenvalue weighted by Gasteiger charge is 2.44. The van der Waals surface area contributed by atoms with Gasteiger partial charge in [-0.1, -0.05) is 277 Å². The summed E-state index contributed by atoms with van der Waals surface area (Å²) >= 11 is 19.8. The van der Waals surface area contributed by atoms with Gasteiger partial charge in [0.1, 0.15) is 27.7 Å². The third kappa shape index (κ3) is 23.6. The topological polar surface area (TPSA) is 185 Å². The van der Waals surface area contributed by atoms with Crippen molar-refractivity contribution in [3.63, 3.8) is 0 Å². The predicted molar refractivity (Wildman–Crippen MR) is 534 cm³/mol. The lowest BCUT2D eigenvalue weighted by Crippen LogP contribution is -2.46. The molecular weight excluding hydrogens is 1700 g/mol. The zero-order chi connectivity index (χ0) is 90.9. The van der Waals surface area contributed by atoms with Gasteiger partial charge in [-0.3, -0.25) is 38.5 Å². The molecule has 0 saturated carbocycles. The van der Waals surface area contributed by atoms with Crippen molar-refractivity contribution in [2.45, 2.75) is 157 Å². The van der Waals surface area contributed by atoms with Gasteiger partial charge in [-0.15, -0.1) is 0 Å².